The van der Waals surface area contributed by atoms with Gasteiger partial charge in [-0.15, -0.1) is 11.3 Å². The Balaban J connectivity index is 1.55. The van der Waals surface area contributed by atoms with Crippen molar-refractivity contribution in [1.82, 2.24) is 9.97 Å². The Morgan fingerprint density at radius 1 is 1.16 bits per heavy atom. The lowest BCUT2D eigenvalue weighted by Crippen LogP contribution is -2.19. The van der Waals surface area contributed by atoms with Crippen LogP contribution in [0.2, 0.25) is 0 Å². The molecule has 0 bridgehead atoms. The van der Waals surface area contributed by atoms with Crippen LogP contribution >= 0.6 is 11.3 Å². The van der Waals surface area contributed by atoms with Gasteiger partial charge in [0, 0.05) is 24.6 Å². The molecule has 2 aromatic heterocycles. The van der Waals surface area contributed by atoms with E-state index in [1.807, 2.05) is 0 Å². The van der Waals surface area contributed by atoms with E-state index >= 15 is 0 Å². The summed E-state index contributed by atoms with van der Waals surface area (Å²) in [5.41, 5.74) is 0.489. The molecule has 0 saturated heterocycles. The number of carboxylic acid groups (broad SMARTS) is 1. The van der Waals surface area contributed by atoms with Gasteiger partial charge in [0.15, 0.2) is 15.0 Å². The average Bonchev–Trinajstić information content (AvgIpc) is 3.61. The first-order valence-corrected chi connectivity index (χ1v) is 13.7. The van der Waals surface area contributed by atoms with Gasteiger partial charge >= 0.3 is 5.97 Å². The lowest BCUT2D eigenvalue weighted by atomic mass is 10.2. The molecule has 11 nitrogen and oxygen atoms in total. The predicted molar refractivity (Wildman–Crippen MR) is 134 cm³/mol. The average molecular weight is 548 g/mol. The molecule has 13 heteroatoms. The Bertz CT molecular complexity index is 1390. The van der Waals surface area contributed by atoms with Gasteiger partial charge in [0.2, 0.25) is 11.8 Å². The summed E-state index contributed by atoms with van der Waals surface area (Å²) in [7, 11) is -1.79. The molecule has 1 aliphatic rings. The first-order valence-electron chi connectivity index (χ1n) is 11.3. The number of ether oxygens (including phenoxy) is 3. The molecule has 0 unspecified atom stereocenters. The van der Waals surface area contributed by atoms with E-state index in [1.54, 1.807) is 12.3 Å². The largest absolute Gasteiger partial charge is 0.481 e. The summed E-state index contributed by atoms with van der Waals surface area (Å²) in [6, 6.07) is 8.85. The molecule has 1 fully saturated rings. The zero-order valence-electron chi connectivity index (χ0n) is 20.0. The van der Waals surface area contributed by atoms with Crippen LogP contribution in [0, 0.1) is 0 Å². The minimum atomic E-state index is -3.33. The fraction of sp³-hybridized carbons (Fsp3) is 0.333. The standard InChI is InChI=1S/C24H25N3O8S2/c1-14(12-33-2)34-20-9-15(23(30)27-24-25-16(13-36-24)11-22(28)29)10-21(26-20)35-17-3-5-18(6-4-17)37(31,32)19-7-8-19/h3-6,9-10,13-14,19H,7-8,11-12H2,1-2H3,(H,28,29)(H,25,27,30)/t14-/m1/s1. The van der Waals surface area contributed by atoms with Crippen LogP contribution in [0.3, 0.4) is 0 Å². The molecule has 1 aliphatic carbocycles. The lowest BCUT2D eigenvalue weighted by Gasteiger charge is -2.15. The molecule has 1 amide bonds. The number of anilines is 1. The van der Waals surface area contributed by atoms with Crippen LogP contribution in [0.5, 0.6) is 17.5 Å². The van der Waals surface area contributed by atoms with Crippen molar-refractivity contribution in [2.24, 2.45) is 0 Å². The van der Waals surface area contributed by atoms with E-state index in [2.05, 4.69) is 15.3 Å². The van der Waals surface area contributed by atoms with Crippen LogP contribution in [-0.2, 0) is 25.8 Å². The maximum absolute atomic E-state index is 12.9. The van der Waals surface area contributed by atoms with Gasteiger partial charge in [0.05, 0.1) is 34.4 Å². The number of hydrogen-bond donors (Lipinski definition) is 2. The Labute approximate surface area is 217 Å². The molecule has 0 radical (unpaired) electrons. The van der Waals surface area contributed by atoms with Gasteiger partial charge in [0.1, 0.15) is 11.9 Å². The summed E-state index contributed by atoms with van der Waals surface area (Å²) in [4.78, 5) is 32.5. The maximum atomic E-state index is 12.9. The number of aliphatic carboxylic acids is 1. The summed E-state index contributed by atoms with van der Waals surface area (Å²) in [6.45, 7) is 2.06. The van der Waals surface area contributed by atoms with Gasteiger partial charge < -0.3 is 19.3 Å². The summed E-state index contributed by atoms with van der Waals surface area (Å²) in [5.74, 6) is -1.06. The van der Waals surface area contributed by atoms with Crippen LogP contribution in [0.25, 0.3) is 0 Å². The van der Waals surface area contributed by atoms with E-state index in [9.17, 15) is 18.0 Å². The number of sulfone groups is 1. The molecule has 0 aliphatic heterocycles. The van der Waals surface area contributed by atoms with E-state index in [1.165, 1.54) is 43.5 Å². The van der Waals surface area contributed by atoms with Crippen LogP contribution in [0.15, 0.2) is 46.7 Å². The van der Waals surface area contributed by atoms with E-state index < -0.39 is 21.7 Å². The number of benzene rings is 1. The smallest absolute Gasteiger partial charge is 0.309 e. The molecule has 1 atom stereocenters. The number of carboxylic acids is 1. The number of methoxy groups -OCH3 is 1. The predicted octanol–water partition coefficient (Wildman–Crippen LogP) is 3.56. The van der Waals surface area contributed by atoms with Crippen molar-refractivity contribution >= 4 is 38.2 Å². The van der Waals surface area contributed by atoms with Crippen LogP contribution in [0.1, 0.15) is 35.8 Å². The van der Waals surface area contributed by atoms with Crippen molar-refractivity contribution in [1.29, 1.82) is 0 Å². The molecule has 2 heterocycles. The monoisotopic (exact) mass is 547 g/mol. The van der Waals surface area contributed by atoms with E-state index in [0.29, 0.717) is 24.3 Å². The minimum Gasteiger partial charge on any atom is -0.481 e. The molecule has 1 aromatic carbocycles. The molecule has 196 valence electrons. The van der Waals surface area contributed by atoms with Crippen molar-refractivity contribution in [3.63, 3.8) is 0 Å². The molecule has 3 aromatic rings. The van der Waals surface area contributed by atoms with Gasteiger partial charge in [-0.2, -0.15) is 4.98 Å². The second-order valence-corrected chi connectivity index (χ2v) is 11.5. The van der Waals surface area contributed by atoms with Gasteiger partial charge in [-0.05, 0) is 44.0 Å². The Morgan fingerprint density at radius 2 is 1.86 bits per heavy atom. The Morgan fingerprint density at radius 3 is 2.51 bits per heavy atom. The Hall–Kier alpha value is -3.55. The number of carbonyl (C=O) groups excluding carboxylic acids is 1. The highest BCUT2D eigenvalue weighted by molar-refractivity contribution is 7.92. The quantitative estimate of drug-likeness (QED) is 0.344. The molecule has 4 rings (SSSR count). The van der Waals surface area contributed by atoms with Crippen molar-refractivity contribution in [2.75, 3.05) is 19.0 Å². The number of pyridine rings is 1. The third-order valence-electron chi connectivity index (χ3n) is 5.21. The second-order valence-electron chi connectivity index (χ2n) is 8.40. The number of aromatic nitrogens is 2. The number of hydrogen-bond acceptors (Lipinski definition) is 10. The zero-order valence-corrected chi connectivity index (χ0v) is 21.7. The maximum Gasteiger partial charge on any atom is 0.309 e. The summed E-state index contributed by atoms with van der Waals surface area (Å²) >= 11 is 1.10. The highest BCUT2D eigenvalue weighted by Crippen LogP contribution is 2.34. The van der Waals surface area contributed by atoms with Crippen molar-refractivity contribution in [3.8, 4) is 17.5 Å². The molecule has 0 spiro atoms. The topological polar surface area (TPSA) is 154 Å². The number of thiazole rings is 1. The number of nitrogens with one attached hydrogen (secondary N) is 1. The fourth-order valence-corrected chi connectivity index (χ4v) is 5.72. The normalized spacial score (nSPS) is 14.1. The summed E-state index contributed by atoms with van der Waals surface area (Å²) in [6.07, 6.45) is 0.723. The SMILES string of the molecule is COC[C@@H](C)Oc1cc(C(=O)Nc2nc(CC(=O)O)cs2)cc(Oc2ccc(S(=O)(=O)C3CC3)cc2)n1. The molecule has 37 heavy (non-hydrogen) atoms. The number of rotatable bonds is 12. The summed E-state index contributed by atoms with van der Waals surface area (Å²) in [5, 5.41) is 13.0. The van der Waals surface area contributed by atoms with Gasteiger partial charge in [-0.1, -0.05) is 0 Å². The number of nitrogens with zero attached hydrogens (tertiary/aromatic N) is 2. The van der Waals surface area contributed by atoms with E-state index in [-0.39, 0.29) is 51.7 Å². The highest BCUT2D eigenvalue weighted by Gasteiger charge is 2.36. The number of amides is 1. The number of carbonyl (C=O) groups is 2. The van der Waals surface area contributed by atoms with Crippen LogP contribution in [0.4, 0.5) is 5.13 Å². The molecular formula is C24H25N3O8S2. The summed E-state index contributed by atoms with van der Waals surface area (Å²) < 4.78 is 41.5. The first-order chi connectivity index (χ1) is 17.6. The third-order valence-corrected chi connectivity index (χ3v) is 8.29. The second kappa shape index (κ2) is 11.2. The Kier molecular flexibility index (Phi) is 8.05. The van der Waals surface area contributed by atoms with Gasteiger partial charge in [-0.25, -0.2) is 13.4 Å². The lowest BCUT2D eigenvalue weighted by molar-refractivity contribution is -0.136. The van der Waals surface area contributed by atoms with Crippen molar-refractivity contribution in [2.45, 2.75) is 42.4 Å². The fourth-order valence-electron chi connectivity index (χ4n) is 3.36. The van der Waals surface area contributed by atoms with Crippen molar-refractivity contribution in [3.05, 3.63) is 53.0 Å². The molecule has 2 N–H and O–H groups in total. The van der Waals surface area contributed by atoms with Gasteiger partial charge in [-0.3, -0.25) is 14.9 Å². The minimum absolute atomic E-state index is 0.0516. The van der Waals surface area contributed by atoms with Gasteiger partial charge in [0.25, 0.3) is 5.91 Å². The van der Waals surface area contributed by atoms with Crippen LogP contribution < -0.4 is 14.8 Å². The van der Waals surface area contributed by atoms with E-state index in [0.717, 1.165) is 11.3 Å². The van der Waals surface area contributed by atoms with Crippen molar-refractivity contribution < 1.29 is 37.3 Å². The molecular weight excluding hydrogens is 522 g/mol. The highest BCUT2D eigenvalue weighted by atomic mass is 32.2. The third kappa shape index (κ3) is 7.02. The first kappa shape index (κ1) is 26.5. The van der Waals surface area contributed by atoms with E-state index in [4.69, 9.17) is 19.3 Å². The molecule has 1 saturated carbocycles. The van der Waals surface area contributed by atoms with Crippen LogP contribution in [-0.4, -0.2) is 60.4 Å². The zero-order chi connectivity index (χ0) is 26.6.